The Morgan fingerprint density at radius 1 is 1.00 bits per heavy atom. The average molecular weight is 219 g/mol. The molecule has 0 aromatic heterocycles. The van der Waals surface area contributed by atoms with E-state index in [2.05, 4.69) is 39.8 Å². The summed E-state index contributed by atoms with van der Waals surface area (Å²) in [6.45, 7) is 9.17. The number of hydrogen-bond donors (Lipinski definition) is 0. The van der Waals surface area contributed by atoms with Crippen LogP contribution in [0.5, 0.6) is 0 Å². The summed E-state index contributed by atoms with van der Waals surface area (Å²) in [4.78, 5) is 10.6. The van der Waals surface area contributed by atoms with E-state index in [4.69, 9.17) is 0 Å². The lowest BCUT2D eigenvalue weighted by molar-refractivity contribution is 0.112. The molecule has 2 heteroatoms. The van der Waals surface area contributed by atoms with Gasteiger partial charge in [0, 0.05) is 5.56 Å². The minimum Gasteiger partial charge on any atom is -0.298 e. The van der Waals surface area contributed by atoms with Crippen LogP contribution in [0, 0.1) is 0 Å². The van der Waals surface area contributed by atoms with Crippen molar-refractivity contribution in [3.8, 4) is 0 Å². The molecule has 15 heavy (non-hydrogen) atoms. The van der Waals surface area contributed by atoms with Crippen LogP contribution in [-0.2, 0) is 0 Å². The summed E-state index contributed by atoms with van der Waals surface area (Å²) in [6, 6.07) is 8.10. The van der Waals surface area contributed by atoms with E-state index in [1.165, 1.54) is 5.19 Å². The molecule has 81 valence electrons. The van der Waals surface area contributed by atoms with E-state index in [1.807, 2.05) is 12.1 Å². The van der Waals surface area contributed by atoms with Gasteiger partial charge in [0.25, 0.3) is 0 Å². The fourth-order valence-corrected chi connectivity index (χ4v) is 5.31. The first-order chi connectivity index (χ1) is 7.06. The van der Waals surface area contributed by atoms with Gasteiger partial charge in [-0.3, -0.25) is 4.79 Å². The summed E-state index contributed by atoms with van der Waals surface area (Å²) in [5.41, 5.74) is 2.24. The van der Waals surface area contributed by atoms with Crippen molar-refractivity contribution in [3.63, 3.8) is 0 Å². The zero-order valence-corrected chi connectivity index (χ0v) is 10.9. The number of hydrogen-bond acceptors (Lipinski definition) is 1. The largest absolute Gasteiger partial charge is 0.298 e. The minimum atomic E-state index is -0.497. The van der Waals surface area contributed by atoms with E-state index in [9.17, 15) is 4.79 Å². The smallest absolute Gasteiger partial charge is 0.150 e. The first kappa shape index (κ1) is 12.2. The van der Waals surface area contributed by atoms with Crippen molar-refractivity contribution >= 4 is 20.3 Å². The highest BCUT2D eigenvalue weighted by atomic mass is 28.3. The Balaban J connectivity index is 2.96. The zero-order chi connectivity index (χ0) is 11.4. The Bertz CT molecular complexity index is 306. The number of benzene rings is 1. The van der Waals surface area contributed by atoms with Crippen molar-refractivity contribution < 1.29 is 4.79 Å². The predicted octanol–water partition coefficient (Wildman–Crippen LogP) is 3.02. The summed E-state index contributed by atoms with van der Waals surface area (Å²) in [7, 11) is -0.497. The van der Waals surface area contributed by atoms with Crippen LogP contribution in [0.25, 0.3) is 0 Å². The lowest BCUT2D eigenvalue weighted by Crippen LogP contribution is -2.35. The van der Waals surface area contributed by atoms with E-state index in [0.717, 1.165) is 22.9 Å². The second-order valence-electron chi connectivity index (χ2n) is 4.50. The monoisotopic (exact) mass is 219 g/mol. The second kappa shape index (κ2) is 5.26. The Hall–Kier alpha value is -0.893. The quantitative estimate of drug-likeness (QED) is 0.562. The summed E-state index contributed by atoms with van der Waals surface area (Å²) in [6.07, 6.45) is 0.904. The van der Waals surface area contributed by atoms with Gasteiger partial charge in [0.05, 0.1) is 8.80 Å². The average Bonchev–Trinajstić information content (AvgIpc) is 2.18. The summed E-state index contributed by atoms with van der Waals surface area (Å²) < 4.78 is 0. The van der Waals surface area contributed by atoms with Crippen molar-refractivity contribution in [2.24, 2.45) is 0 Å². The predicted molar refractivity (Wildman–Crippen MR) is 67.4 cm³/mol. The molecule has 0 spiro atoms. The Morgan fingerprint density at radius 2 is 1.47 bits per heavy atom. The van der Waals surface area contributed by atoms with Crippen LogP contribution in [0.3, 0.4) is 0 Å². The van der Waals surface area contributed by atoms with Crippen molar-refractivity contribution in [3.05, 3.63) is 29.8 Å². The molecule has 0 saturated carbocycles. The molecule has 1 nitrogen and oxygen atoms in total. The van der Waals surface area contributed by atoms with Gasteiger partial charge in [0.1, 0.15) is 6.29 Å². The van der Waals surface area contributed by atoms with E-state index < -0.39 is 8.80 Å². The molecule has 0 amide bonds. The van der Waals surface area contributed by atoms with Crippen molar-refractivity contribution in [2.75, 3.05) is 0 Å². The van der Waals surface area contributed by atoms with E-state index >= 15 is 0 Å². The van der Waals surface area contributed by atoms with E-state index in [1.54, 1.807) is 0 Å². The molecule has 0 N–H and O–H groups in total. The molecular weight excluding hydrogens is 200 g/mol. The van der Waals surface area contributed by atoms with Gasteiger partial charge < -0.3 is 0 Å². The van der Waals surface area contributed by atoms with Gasteiger partial charge in [-0.2, -0.15) is 0 Å². The minimum absolute atomic E-state index is 0.497. The Labute approximate surface area is 94.1 Å². The number of carbonyl (C=O) groups excluding carboxylic acids is 1. The van der Waals surface area contributed by atoms with Crippen LogP contribution < -0.4 is 5.19 Å². The van der Waals surface area contributed by atoms with Crippen molar-refractivity contribution in [1.29, 1.82) is 0 Å². The summed E-state index contributed by atoms with van der Waals surface area (Å²) in [5.74, 6) is 0. The molecule has 0 saturated heterocycles. The third kappa shape index (κ3) is 3.03. The molecule has 1 aromatic carbocycles. The highest BCUT2D eigenvalue weighted by molar-refractivity contribution is 6.75. The van der Waals surface area contributed by atoms with E-state index in [-0.39, 0.29) is 0 Å². The van der Waals surface area contributed by atoms with Crippen LogP contribution in [0.15, 0.2) is 24.3 Å². The lowest BCUT2D eigenvalue weighted by atomic mass is 10.2. The molecule has 0 aliphatic rings. The number of rotatable bonds is 4. The first-order valence-electron chi connectivity index (χ1n) is 5.48. The maximum Gasteiger partial charge on any atom is 0.150 e. The van der Waals surface area contributed by atoms with Crippen LogP contribution in [-0.4, -0.2) is 15.1 Å². The third-order valence-corrected chi connectivity index (χ3v) is 6.11. The number of aldehydes is 1. The molecule has 1 aromatic rings. The molecule has 0 bridgehead atoms. The molecule has 0 aliphatic heterocycles. The standard InChI is InChI=1S/C13H19OSi/c1-10(2)15(11(3)4)13-7-5-12(9-14)6-8-13/h5-11H,1-4H3. The van der Waals surface area contributed by atoms with Gasteiger partial charge in [0.15, 0.2) is 0 Å². The fraction of sp³-hybridized carbons (Fsp3) is 0.462. The van der Waals surface area contributed by atoms with Gasteiger partial charge >= 0.3 is 0 Å². The lowest BCUT2D eigenvalue weighted by Gasteiger charge is -2.23. The highest BCUT2D eigenvalue weighted by Gasteiger charge is 2.21. The van der Waals surface area contributed by atoms with Gasteiger partial charge in [-0.05, 0) is 11.1 Å². The second-order valence-corrected chi connectivity index (χ2v) is 8.30. The molecule has 0 fully saturated rings. The van der Waals surface area contributed by atoms with Crippen LogP contribution in [0.4, 0.5) is 0 Å². The highest BCUT2D eigenvalue weighted by Crippen LogP contribution is 2.19. The zero-order valence-electron chi connectivity index (χ0n) is 9.95. The molecule has 0 heterocycles. The molecule has 0 aliphatic carbocycles. The molecule has 1 rings (SSSR count). The van der Waals surface area contributed by atoms with Gasteiger partial charge in [-0.25, -0.2) is 0 Å². The Morgan fingerprint density at radius 3 is 1.80 bits per heavy atom. The van der Waals surface area contributed by atoms with Crippen molar-refractivity contribution in [2.45, 2.75) is 38.8 Å². The number of carbonyl (C=O) groups is 1. The maximum absolute atomic E-state index is 10.6. The molecule has 0 atom stereocenters. The van der Waals surface area contributed by atoms with Gasteiger partial charge in [0.2, 0.25) is 0 Å². The third-order valence-electron chi connectivity index (χ3n) is 2.62. The SMILES string of the molecule is CC(C)[Si](c1ccc(C=O)cc1)C(C)C. The van der Waals surface area contributed by atoms with Crippen LogP contribution in [0.2, 0.25) is 11.1 Å². The van der Waals surface area contributed by atoms with E-state index in [0.29, 0.717) is 0 Å². The van der Waals surface area contributed by atoms with Crippen molar-refractivity contribution in [1.82, 2.24) is 0 Å². The molecule has 0 unspecified atom stereocenters. The van der Waals surface area contributed by atoms with Crippen LogP contribution >= 0.6 is 0 Å². The topological polar surface area (TPSA) is 17.1 Å². The summed E-state index contributed by atoms with van der Waals surface area (Å²) >= 11 is 0. The normalized spacial score (nSPS) is 11.4. The molecular formula is C13H19OSi. The van der Waals surface area contributed by atoms with Crippen LogP contribution in [0.1, 0.15) is 38.1 Å². The van der Waals surface area contributed by atoms with Gasteiger partial charge in [-0.15, -0.1) is 0 Å². The summed E-state index contributed by atoms with van der Waals surface area (Å²) in [5, 5.41) is 1.44. The Kier molecular flexibility index (Phi) is 4.27. The fourth-order valence-electron chi connectivity index (χ4n) is 2.09. The van der Waals surface area contributed by atoms with Gasteiger partial charge in [-0.1, -0.05) is 57.1 Å². The molecule has 1 radical (unpaired) electrons. The maximum atomic E-state index is 10.6. The first-order valence-corrected chi connectivity index (χ1v) is 7.14.